The first-order chi connectivity index (χ1) is 7.95. The van der Waals surface area contributed by atoms with Crippen molar-refractivity contribution >= 4 is 37.3 Å². The van der Waals surface area contributed by atoms with Crippen LogP contribution in [0.3, 0.4) is 0 Å². The molecule has 2 rings (SSSR count). The van der Waals surface area contributed by atoms with E-state index in [1.54, 1.807) is 10.4 Å². The van der Waals surface area contributed by atoms with Crippen LogP contribution in [0.2, 0.25) is 0 Å². The van der Waals surface area contributed by atoms with Crippen LogP contribution in [0.1, 0.15) is 24.6 Å². The van der Waals surface area contributed by atoms with Crippen molar-refractivity contribution in [2.75, 3.05) is 13.1 Å². The zero-order valence-electron chi connectivity index (χ0n) is 9.94. The SMILES string of the molecule is CCC1CCN(S(=O)(=O)c2cc(Br)sc2C)C1. The van der Waals surface area contributed by atoms with Gasteiger partial charge in [0.2, 0.25) is 10.0 Å². The highest BCUT2D eigenvalue weighted by atomic mass is 79.9. The van der Waals surface area contributed by atoms with Gasteiger partial charge in [-0.3, -0.25) is 0 Å². The molecular formula is C11H16BrNO2S2. The predicted octanol–water partition coefficient (Wildman–Crippen LogP) is 3.24. The molecule has 1 aromatic heterocycles. The summed E-state index contributed by atoms with van der Waals surface area (Å²) in [4.78, 5) is 1.32. The van der Waals surface area contributed by atoms with Crippen LogP contribution in [0.4, 0.5) is 0 Å². The smallest absolute Gasteiger partial charge is 0.207 e. The summed E-state index contributed by atoms with van der Waals surface area (Å²) >= 11 is 4.82. The Balaban J connectivity index is 2.28. The molecule has 1 aliphatic rings. The number of hydrogen-bond donors (Lipinski definition) is 0. The van der Waals surface area contributed by atoms with Crippen LogP contribution in [-0.2, 0) is 10.0 Å². The van der Waals surface area contributed by atoms with Crippen LogP contribution < -0.4 is 0 Å². The first-order valence-electron chi connectivity index (χ1n) is 5.71. The third-order valence-electron chi connectivity index (χ3n) is 3.29. The fourth-order valence-electron chi connectivity index (χ4n) is 2.17. The second-order valence-electron chi connectivity index (χ2n) is 4.40. The highest BCUT2D eigenvalue weighted by Crippen LogP contribution is 2.33. The van der Waals surface area contributed by atoms with Gasteiger partial charge in [-0.2, -0.15) is 4.31 Å². The van der Waals surface area contributed by atoms with Gasteiger partial charge < -0.3 is 0 Å². The summed E-state index contributed by atoms with van der Waals surface area (Å²) in [5.41, 5.74) is 0. The van der Waals surface area contributed by atoms with Crippen molar-refractivity contribution in [3.8, 4) is 0 Å². The Labute approximate surface area is 115 Å². The van der Waals surface area contributed by atoms with E-state index in [4.69, 9.17) is 0 Å². The zero-order valence-corrected chi connectivity index (χ0v) is 13.2. The predicted molar refractivity (Wildman–Crippen MR) is 73.9 cm³/mol. The molecule has 1 aliphatic heterocycles. The van der Waals surface area contributed by atoms with E-state index in [1.807, 2.05) is 6.92 Å². The molecule has 2 heterocycles. The van der Waals surface area contributed by atoms with Crippen LogP contribution in [0.25, 0.3) is 0 Å². The highest BCUT2D eigenvalue weighted by molar-refractivity contribution is 9.11. The quantitative estimate of drug-likeness (QED) is 0.848. The maximum absolute atomic E-state index is 12.4. The number of nitrogens with zero attached hydrogens (tertiary/aromatic N) is 1. The molecule has 1 saturated heterocycles. The van der Waals surface area contributed by atoms with Crippen molar-refractivity contribution in [2.24, 2.45) is 5.92 Å². The lowest BCUT2D eigenvalue weighted by atomic mass is 10.1. The Kier molecular flexibility index (Phi) is 3.97. The molecule has 17 heavy (non-hydrogen) atoms. The summed E-state index contributed by atoms with van der Waals surface area (Å²) in [6.07, 6.45) is 2.04. The van der Waals surface area contributed by atoms with Gasteiger partial charge in [-0.25, -0.2) is 8.42 Å². The lowest BCUT2D eigenvalue weighted by Gasteiger charge is -2.16. The normalized spacial score (nSPS) is 22.2. The monoisotopic (exact) mass is 337 g/mol. The minimum atomic E-state index is -3.28. The van der Waals surface area contributed by atoms with Gasteiger partial charge >= 0.3 is 0 Å². The van der Waals surface area contributed by atoms with Crippen molar-refractivity contribution in [3.63, 3.8) is 0 Å². The van der Waals surface area contributed by atoms with Gasteiger partial charge in [0, 0.05) is 18.0 Å². The second kappa shape index (κ2) is 4.99. The number of hydrogen-bond acceptors (Lipinski definition) is 3. The van der Waals surface area contributed by atoms with Crippen molar-refractivity contribution in [2.45, 2.75) is 31.6 Å². The zero-order chi connectivity index (χ0) is 12.6. The fraction of sp³-hybridized carbons (Fsp3) is 0.636. The summed E-state index contributed by atoms with van der Waals surface area (Å²) in [5.74, 6) is 0.521. The van der Waals surface area contributed by atoms with Crippen molar-refractivity contribution in [1.82, 2.24) is 4.31 Å². The largest absolute Gasteiger partial charge is 0.244 e. The number of rotatable bonds is 3. The number of halogens is 1. The standard InChI is InChI=1S/C11H16BrNO2S2/c1-3-9-4-5-13(7-9)17(14,15)10-6-11(12)16-8(10)2/h6,9H,3-5,7H2,1-2H3. The van der Waals surface area contributed by atoms with E-state index in [2.05, 4.69) is 22.9 Å². The van der Waals surface area contributed by atoms with Crippen LogP contribution >= 0.6 is 27.3 Å². The highest BCUT2D eigenvalue weighted by Gasteiger charge is 2.33. The third-order valence-corrected chi connectivity index (χ3v) is 6.96. The Morgan fingerprint density at radius 3 is 2.76 bits per heavy atom. The molecule has 6 heteroatoms. The number of aryl methyl sites for hydroxylation is 1. The van der Waals surface area contributed by atoms with Crippen molar-refractivity contribution in [3.05, 3.63) is 14.7 Å². The van der Waals surface area contributed by atoms with E-state index in [9.17, 15) is 8.42 Å². The molecule has 0 radical (unpaired) electrons. The van der Waals surface area contributed by atoms with Gasteiger partial charge in [-0.15, -0.1) is 11.3 Å². The average molecular weight is 338 g/mol. The molecule has 1 atom stereocenters. The van der Waals surface area contributed by atoms with Crippen molar-refractivity contribution < 1.29 is 8.42 Å². The van der Waals surface area contributed by atoms with E-state index in [0.29, 0.717) is 23.9 Å². The molecular weight excluding hydrogens is 322 g/mol. The summed E-state index contributed by atoms with van der Waals surface area (Å²) < 4.78 is 27.4. The molecule has 1 fully saturated rings. The molecule has 0 spiro atoms. The lowest BCUT2D eigenvalue weighted by Crippen LogP contribution is -2.28. The van der Waals surface area contributed by atoms with Crippen LogP contribution in [-0.4, -0.2) is 25.8 Å². The van der Waals surface area contributed by atoms with Crippen LogP contribution in [0.5, 0.6) is 0 Å². The first-order valence-corrected chi connectivity index (χ1v) is 8.76. The van der Waals surface area contributed by atoms with Gasteiger partial charge in [-0.1, -0.05) is 13.3 Å². The second-order valence-corrected chi connectivity index (χ2v) is 8.94. The molecule has 0 bridgehead atoms. The third kappa shape index (κ3) is 2.59. The molecule has 3 nitrogen and oxygen atoms in total. The topological polar surface area (TPSA) is 37.4 Å². The Bertz CT molecular complexity index is 510. The minimum absolute atomic E-state index is 0.464. The Morgan fingerprint density at radius 2 is 2.29 bits per heavy atom. The summed E-state index contributed by atoms with van der Waals surface area (Å²) in [6.45, 7) is 5.31. The molecule has 0 aromatic carbocycles. The molecule has 96 valence electrons. The maximum Gasteiger partial charge on any atom is 0.244 e. The average Bonchev–Trinajstić information content (AvgIpc) is 2.85. The number of thiophene rings is 1. The molecule has 0 aliphatic carbocycles. The van der Waals surface area contributed by atoms with E-state index < -0.39 is 10.0 Å². The molecule has 1 unspecified atom stereocenters. The van der Waals surface area contributed by atoms with E-state index in [1.165, 1.54) is 11.3 Å². The van der Waals surface area contributed by atoms with Gasteiger partial charge in [0.15, 0.2) is 0 Å². The minimum Gasteiger partial charge on any atom is -0.207 e. The molecule has 0 N–H and O–H groups in total. The Hall–Kier alpha value is 0.0900. The summed E-state index contributed by atoms with van der Waals surface area (Å²) in [6, 6.07) is 1.72. The number of sulfonamides is 1. The lowest BCUT2D eigenvalue weighted by molar-refractivity contribution is 0.453. The maximum atomic E-state index is 12.4. The van der Waals surface area contributed by atoms with Gasteiger partial charge in [0.25, 0.3) is 0 Å². The molecule has 0 amide bonds. The molecule has 0 saturated carbocycles. The van der Waals surface area contributed by atoms with Crippen LogP contribution in [0, 0.1) is 12.8 Å². The Morgan fingerprint density at radius 1 is 1.59 bits per heavy atom. The van der Waals surface area contributed by atoms with Gasteiger partial charge in [-0.05, 0) is 41.3 Å². The van der Waals surface area contributed by atoms with E-state index >= 15 is 0 Å². The molecule has 1 aromatic rings. The van der Waals surface area contributed by atoms with Gasteiger partial charge in [0.05, 0.1) is 8.68 Å². The summed E-state index contributed by atoms with van der Waals surface area (Å²) in [5, 5.41) is 0. The van der Waals surface area contributed by atoms with E-state index in [0.717, 1.165) is 21.5 Å². The van der Waals surface area contributed by atoms with E-state index in [-0.39, 0.29) is 0 Å². The van der Waals surface area contributed by atoms with Gasteiger partial charge in [0.1, 0.15) is 0 Å². The van der Waals surface area contributed by atoms with Crippen LogP contribution in [0.15, 0.2) is 14.7 Å². The first kappa shape index (κ1) is 13.5. The van der Waals surface area contributed by atoms with Crippen molar-refractivity contribution in [1.29, 1.82) is 0 Å². The summed E-state index contributed by atoms with van der Waals surface area (Å²) in [7, 11) is -3.28. The fourth-order valence-corrected chi connectivity index (χ4v) is 6.09.